The minimum atomic E-state index is -3.81. The smallest absolute Gasteiger partial charge is 0.258 e. The number of nitrogens with zero attached hydrogens (tertiary/aromatic N) is 1. The second-order valence-corrected chi connectivity index (χ2v) is 4.59. The zero-order valence-corrected chi connectivity index (χ0v) is 8.69. The number of hydrogen-bond donors (Lipinski definition) is 1. The highest BCUT2D eigenvalue weighted by atomic mass is 32.2. The summed E-state index contributed by atoms with van der Waals surface area (Å²) in [7, 11) is -3.81. The standard InChI is InChI=1S/C6H10N2O3S2/c1-5-6(12-4-8-5)2-3-11-13(7,9)10/h4H,2-3H2,1H3,(H2,7,9,10). The van der Waals surface area contributed by atoms with E-state index in [1.165, 1.54) is 11.3 Å². The summed E-state index contributed by atoms with van der Waals surface area (Å²) in [5, 5.41) is 4.65. The van der Waals surface area contributed by atoms with Gasteiger partial charge in [0, 0.05) is 11.3 Å². The van der Waals surface area contributed by atoms with Crippen molar-refractivity contribution in [3.8, 4) is 0 Å². The first-order chi connectivity index (χ1) is 5.99. The van der Waals surface area contributed by atoms with Crippen LogP contribution in [0.1, 0.15) is 10.6 Å². The van der Waals surface area contributed by atoms with Gasteiger partial charge < -0.3 is 0 Å². The van der Waals surface area contributed by atoms with Crippen molar-refractivity contribution < 1.29 is 12.6 Å². The van der Waals surface area contributed by atoms with Crippen molar-refractivity contribution in [2.24, 2.45) is 5.14 Å². The monoisotopic (exact) mass is 222 g/mol. The fourth-order valence-electron chi connectivity index (χ4n) is 0.817. The summed E-state index contributed by atoms with van der Waals surface area (Å²) in [5.74, 6) is 0. The predicted octanol–water partition coefficient (Wildman–Crippen LogP) is 0.214. The molecule has 1 aromatic rings. The molecule has 1 aromatic heterocycles. The molecule has 0 atom stereocenters. The molecule has 1 heterocycles. The Labute approximate surface area is 80.8 Å². The number of hydrogen-bond acceptors (Lipinski definition) is 5. The minimum Gasteiger partial charge on any atom is -0.258 e. The van der Waals surface area contributed by atoms with Crippen LogP contribution in [-0.2, 0) is 20.9 Å². The molecule has 5 nitrogen and oxygen atoms in total. The predicted molar refractivity (Wildman–Crippen MR) is 49.6 cm³/mol. The van der Waals surface area contributed by atoms with Crippen LogP contribution >= 0.6 is 11.3 Å². The molecule has 0 fully saturated rings. The number of aryl methyl sites for hydroxylation is 1. The molecule has 0 saturated heterocycles. The Hall–Kier alpha value is -0.500. The number of rotatable bonds is 4. The van der Waals surface area contributed by atoms with E-state index in [1.807, 2.05) is 6.92 Å². The van der Waals surface area contributed by atoms with Gasteiger partial charge in [-0.05, 0) is 6.92 Å². The third-order valence-corrected chi connectivity index (χ3v) is 2.91. The highest BCUT2D eigenvalue weighted by Gasteiger charge is 2.05. The van der Waals surface area contributed by atoms with Gasteiger partial charge in [0.25, 0.3) is 0 Å². The topological polar surface area (TPSA) is 82.3 Å². The Morgan fingerprint density at radius 2 is 2.38 bits per heavy atom. The molecule has 1 rings (SSSR count). The van der Waals surface area contributed by atoms with Gasteiger partial charge in [-0.3, -0.25) is 4.18 Å². The van der Waals surface area contributed by atoms with Crippen molar-refractivity contribution in [1.29, 1.82) is 0 Å². The van der Waals surface area contributed by atoms with Crippen molar-refractivity contribution in [3.63, 3.8) is 0 Å². The van der Waals surface area contributed by atoms with Gasteiger partial charge in [-0.1, -0.05) is 0 Å². The van der Waals surface area contributed by atoms with Gasteiger partial charge in [-0.25, -0.2) is 10.1 Å². The van der Waals surface area contributed by atoms with Crippen LogP contribution in [0, 0.1) is 6.92 Å². The van der Waals surface area contributed by atoms with Crippen LogP contribution < -0.4 is 5.14 Å². The Bertz CT molecular complexity index is 371. The second kappa shape index (κ2) is 4.14. The molecule has 2 N–H and O–H groups in total. The van der Waals surface area contributed by atoms with Crippen molar-refractivity contribution in [2.45, 2.75) is 13.3 Å². The summed E-state index contributed by atoms with van der Waals surface area (Å²) in [6.07, 6.45) is 0.521. The van der Waals surface area contributed by atoms with Gasteiger partial charge in [0.1, 0.15) is 0 Å². The third-order valence-electron chi connectivity index (χ3n) is 1.42. The maximum Gasteiger partial charge on any atom is 0.333 e. The van der Waals surface area contributed by atoms with Gasteiger partial charge in [-0.15, -0.1) is 11.3 Å². The van der Waals surface area contributed by atoms with Crippen molar-refractivity contribution in [2.75, 3.05) is 6.61 Å². The molecule has 0 radical (unpaired) electrons. The lowest BCUT2D eigenvalue weighted by Gasteiger charge is -1.98. The second-order valence-electron chi connectivity index (χ2n) is 2.43. The van der Waals surface area contributed by atoms with E-state index in [4.69, 9.17) is 0 Å². The molecule has 0 aliphatic carbocycles. The van der Waals surface area contributed by atoms with E-state index >= 15 is 0 Å². The molecule has 0 bridgehead atoms. The molecular formula is C6H10N2O3S2. The third kappa shape index (κ3) is 3.81. The van der Waals surface area contributed by atoms with E-state index in [0.717, 1.165) is 10.6 Å². The number of aromatic nitrogens is 1. The molecular weight excluding hydrogens is 212 g/mol. The Morgan fingerprint density at radius 3 is 2.85 bits per heavy atom. The minimum absolute atomic E-state index is 0.0713. The normalized spacial score (nSPS) is 11.8. The van der Waals surface area contributed by atoms with Gasteiger partial charge in [0.15, 0.2) is 0 Å². The van der Waals surface area contributed by atoms with E-state index in [1.54, 1.807) is 5.51 Å². The van der Waals surface area contributed by atoms with Crippen LogP contribution in [0.25, 0.3) is 0 Å². The lowest BCUT2D eigenvalue weighted by Crippen LogP contribution is -2.17. The summed E-state index contributed by atoms with van der Waals surface area (Å²) in [6.45, 7) is 1.94. The van der Waals surface area contributed by atoms with E-state index in [2.05, 4.69) is 14.3 Å². The van der Waals surface area contributed by atoms with Crippen molar-refractivity contribution >= 4 is 21.6 Å². The summed E-state index contributed by atoms with van der Waals surface area (Å²) >= 11 is 1.47. The first-order valence-electron chi connectivity index (χ1n) is 3.55. The van der Waals surface area contributed by atoms with Crippen LogP contribution in [0.15, 0.2) is 5.51 Å². The fourth-order valence-corrected chi connectivity index (χ4v) is 1.89. The van der Waals surface area contributed by atoms with Gasteiger partial charge in [0.2, 0.25) is 0 Å². The summed E-state index contributed by atoms with van der Waals surface area (Å²) < 4.78 is 25.2. The zero-order valence-electron chi connectivity index (χ0n) is 7.06. The molecule has 0 aliphatic heterocycles. The molecule has 0 aromatic carbocycles. The lowest BCUT2D eigenvalue weighted by molar-refractivity contribution is 0.323. The van der Waals surface area contributed by atoms with Crippen LogP contribution in [0.2, 0.25) is 0 Å². The van der Waals surface area contributed by atoms with E-state index in [-0.39, 0.29) is 6.61 Å². The highest BCUT2D eigenvalue weighted by molar-refractivity contribution is 7.84. The van der Waals surface area contributed by atoms with Gasteiger partial charge >= 0.3 is 10.3 Å². The average Bonchev–Trinajstić information content (AvgIpc) is 2.34. The molecule has 0 saturated carbocycles. The largest absolute Gasteiger partial charge is 0.333 e. The Balaban J connectivity index is 2.41. The zero-order chi connectivity index (χ0) is 9.90. The number of thiazole rings is 1. The number of nitrogens with two attached hydrogens (primary N) is 1. The average molecular weight is 222 g/mol. The van der Waals surface area contributed by atoms with Gasteiger partial charge in [0.05, 0.1) is 17.8 Å². The molecule has 74 valence electrons. The maximum absolute atomic E-state index is 10.4. The molecule has 0 spiro atoms. The molecule has 0 unspecified atom stereocenters. The van der Waals surface area contributed by atoms with Crippen LogP contribution in [0.3, 0.4) is 0 Å². The molecule has 0 amide bonds. The Kier molecular flexibility index (Phi) is 3.37. The first-order valence-corrected chi connectivity index (χ1v) is 5.90. The quantitative estimate of drug-likeness (QED) is 0.789. The first kappa shape index (κ1) is 10.6. The summed E-state index contributed by atoms with van der Waals surface area (Å²) in [6, 6.07) is 0. The maximum atomic E-state index is 10.4. The highest BCUT2D eigenvalue weighted by Crippen LogP contribution is 2.12. The molecule has 0 aliphatic rings. The SMILES string of the molecule is Cc1ncsc1CCOS(N)(=O)=O. The van der Waals surface area contributed by atoms with E-state index < -0.39 is 10.3 Å². The molecule has 13 heavy (non-hydrogen) atoms. The van der Waals surface area contributed by atoms with Crippen molar-refractivity contribution in [3.05, 3.63) is 16.1 Å². The van der Waals surface area contributed by atoms with Crippen LogP contribution in [0.4, 0.5) is 0 Å². The Morgan fingerprint density at radius 1 is 1.69 bits per heavy atom. The lowest BCUT2D eigenvalue weighted by atomic mass is 10.3. The van der Waals surface area contributed by atoms with Crippen LogP contribution in [-0.4, -0.2) is 20.0 Å². The summed E-state index contributed by atoms with van der Waals surface area (Å²) in [5.41, 5.74) is 2.62. The fraction of sp³-hybridized carbons (Fsp3) is 0.500. The summed E-state index contributed by atoms with van der Waals surface area (Å²) in [4.78, 5) is 5.03. The van der Waals surface area contributed by atoms with Crippen LogP contribution in [0.5, 0.6) is 0 Å². The molecule has 7 heteroatoms. The van der Waals surface area contributed by atoms with E-state index in [9.17, 15) is 8.42 Å². The van der Waals surface area contributed by atoms with E-state index in [0.29, 0.717) is 6.42 Å². The van der Waals surface area contributed by atoms with Crippen molar-refractivity contribution in [1.82, 2.24) is 4.98 Å². The van der Waals surface area contributed by atoms with Gasteiger partial charge in [-0.2, -0.15) is 8.42 Å².